The second-order valence-corrected chi connectivity index (χ2v) is 5.17. The topological polar surface area (TPSA) is 115 Å². The van der Waals surface area contributed by atoms with Crippen LogP contribution in [0.25, 0.3) is 0 Å². The molecule has 0 amide bonds. The van der Waals surface area contributed by atoms with Crippen molar-refractivity contribution < 1.29 is 30.0 Å². The molecule has 4 N–H and O–H groups in total. The largest absolute Gasteiger partial charge is 0.503 e. The monoisotopic (exact) mass is 342 g/mol. The van der Waals surface area contributed by atoms with Gasteiger partial charge in [0.15, 0.2) is 0 Å². The first kappa shape index (κ1) is 37.6. The van der Waals surface area contributed by atoms with E-state index in [1.54, 1.807) is 0 Å². The van der Waals surface area contributed by atoms with Gasteiger partial charge in [-0.25, -0.2) is 9.59 Å². The summed E-state index contributed by atoms with van der Waals surface area (Å²) < 4.78 is 0. The molecule has 146 valence electrons. The number of hydrogen-bond acceptors (Lipinski definition) is 2. The Morgan fingerprint density at radius 2 is 0.739 bits per heavy atom. The van der Waals surface area contributed by atoms with Gasteiger partial charge in [-0.15, -0.1) is 0 Å². The van der Waals surface area contributed by atoms with Gasteiger partial charge in [-0.3, -0.25) is 0 Å². The highest BCUT2D eigenvalue weighted by Gasteiger charge is 1.80. The van der Waals surface area contributed by atoms with Crippen LogP contribution in [0.1, 0.15) is 88.5 Å². The predicted octanol–water partition coefficient (Wildman–Crippen LogP) is 6.99. The van der Waals surface area contributed by atoms with Gasteiger partial charge in [0.25, 0.3) is 0 Å². The molecular formula is C17H42O6. The lowest BCUT2D eigenvalue weighted by Gasteiger charge is -1.90. The molecule has 0 aliphatic heterocycles. The van der Waals surface area contributed by atoms with E-state index in [1.807, 2.05) is 0 Å². The molecule has 6 heteroatoms. The zero-order valence-corrected chi connectivity index (χ0v) is 15.6. The SMILES string of the molecule is C.CCC(C)C.CCC(C)C.CCCC.O=C(O)O.O=C(O)O. The van der Waals surface area contributed by atoms with Crippen molar-refractivity contribution in [3.63, 3.8) is 0 Å². The summed E-state index contributed by atoms with van der Waals surface area (Å²) in [6.45, 7) is 17.6. The van der Waals surface area contributed by atoms with E-state index < -0.39 is 12.3 Å². The smallest absolute Gasteiger partial charge is 0.450 e. The summed E-state index contributed by atoms with van der Waals surface area (Å²) in [7, 11) is 0. The van der Waals surface area contributed by atoms with Crippen molar-refractivity contribution in [2.45, 2.75) is 88.5 Å². The zero-order valence-electron chi connectivity index (χ0n) is 15.6. The molecule has 0 aromatic carbocycles. The van der Waals surface area contributed by atoms with Crippen molar-refractivity contribution in [3.8, 4) is 0 Å². The summed E-state index contributed by atoms with van der Waals surface area (Å²) in [5, 5.41) is 27.9. The fraction of sp³-hybridized carbons (Fsp3) is 0.882. The molecular weight excluding hydrogens is 300 g/mol. The third-order valence-corrected chi connectivity index (χ3v) is 2.13. The van der Waals surface area contributed by atoms with Crippen molar-refractivity contribution >= 4 is 12.3 Å². The molecule has 0 unspecified atom stereocenters. The molecule has 0 aliphatic carbocycles. The second kappa shape index (κ2) is 37.1. The fourth-order valence-electron chi connectivity index (χ4n) is 0. The minimum Gasteiger partial charge on any atom is -0.450 e. The van der Waals surface area contributed by atoms with Crippen LogP contribution in [-0.2, 0) is 0 Å². The van der Waals surface area contributed by atoms with E-state index in [-0.39, 0.29) is 7.43 Å². The van der Waals surface area contributed by atoms with Crippen molar-refractivity contribution in [3.05, 3.63) is 0 Å². The lowest BCUT2D eigenvalue weighted by molar-refractivity contribution is 0.135. The van der Waals surface area contributed by atoms with Crippen LogP contribution in [0, 0.1) is 11.8 Å². The van der Waals surface area contributed by atoms with E-state index in [4.69, 9.17) is 30.0 Å². The molecule has 0 spiro atoms. The molecule has 0 fully saturated rings. The summed E-state index contributed by atoms with van der Waals surface area (Å²) in [6.07, 6.45) is 1.58. The Bertz CT molecular complexity index is 173. The van der Waals surface area contributed by atoms with Crippen molar-refractivity contribution in [1.82, 2.24) is 0 Å². The Morgan fingerprint density at radius 3 is 0.739 bits per heavy atom. The van der Waals surface area contributed by atoms with E-state index in [0.29, 0.717) is 0 Å². The summed E-state index contributed by atoms with van der Waals surface area (Å²) >= 11 is 0. The summed E-state index contributed by atoms with van der Waals surface area (Å²) in [5.41, 5.74) is 0. The third kappa shape index (κ3) is 563. The van der Waals surface area contributed by atoms with Crippen LogP contribution in [0.5, 0.6) is 0 Å². The van der Waals surface area contributed by atoms with Gasteiger partial charge in [0.2, 0.25) is 0 Å². The Balaban J connectivity index is -0.0000000390. The average Bonchev–Trinajstić information content (AvgIpc) is 2.38. The highest BCUT2D eigenvalue weighted by atomic mass is 16.6. The third-order valence-electron chi connectivity index (χ3n) is 2.13. The summed E-state index contributed by atoms with van der Waals surface area (Å²) in [5.74, 6) is 1.77. The van der Waals surface area contributed by atoms with Crippen molar-refractivity contribution in [1.29, 1.82) is 0 Å². The molecule has 0 aromatic heterocycles. The van der Waals surface area contributed by atoms with Crippen LogP contribution < -0.4 is 0 Å². The van der Waals surface area contributed by atoms with E-state index >= 15 is 0 Å². The Hall–Kier alpha value is -1.46. The van der Waals surface area contributed by atoms with Crippen LogP contribution in [0.2, 0.25) is 0 Å². The summed E-state index contributed by atoms with van der Waals surface area (Å²) in [6, 6.07) is 0. The first-order valence-corrected chi connectivity index (χ1v) is 7.76. The van der Waals surface area contributed by atoms with Crippen LogP contribution >= 0.6 is 0 Å². The molecule has 6 nitrogen and oxygen atoms in total. The molecule has 0 saturated heterocycles. The van der Waals surface area contributed by atoms with E-state index in [0.717, 1.165) is 11.8 Å². The van der Waals surface area contributed by atoms with Crippen molar-refractivity contribution in [2.24, 2.45) is 11.8 Å². The molecule has 0 bridgehead atoms. The van der Waals surface area contributed by atoms with E-state index in [1.165, 1.54) is 25.7 Å². The van der Waals surface area contributed by atoms with E-state index in [2.05, 4.69) is 55.4 Å². The van der Waals surface area contributed by atoms with Gasteiger partial charge in [-0.1, -0.05) is 88.5 Å². The normalized spacial score (nSPS) is 7.57. The van der Waals surface area contributed by atoms with Crippen LogP contribution in [0.4, 0.5) is 9.59 Å². The first-order chi connectivity index (χ1) is 9.92. The fourth-order valence-corrected chi connectivity index (χ4v) is 0. The van der Waals surface area contributed by atoms with Gasteiger partial charge >= 0.3 is 12.3 Å². The quantitative estimate of drug-likeness (QED) is 0.439. The standard InChI is InChI=1S/2C5H12.C4H10.2CH2O3.CH4/c2*1-4-5(2)3;1-3-4-2;2*2-1(3)4;/h2*5H,4H2,1-3H3;3-4H2,1-2H3;2*(H2,2,3,4);1H4. The lowest BCUT2D eigenvalue weighted by atomic mass is 10.2. The molecule has 0 aromatic rings. The Morgan fingerprint density at radius 1 is 0.652 bits per heavy atom. The lowest BCUT2D eigenvalue weighted by Crippen LogP contribution is -1.81. The second-order valence-electron chi connectivity index (χ2n) is 5.17. The zero-order chi connectivity index (χ0) is 19.1. The molecule has 0 saturated carbocycles. The van der Waals surface area contributed by atoms with Gasteiger partial charge in [0.05, 0.1) is 0 Å². The van der Waals surface area contributed by atoms with Gasteiger partial charge in [0.1, 0.15) is 0 Å². The van der Waals surface area contributed by atoms with Crippen molar-refractivity contribution in [2.75, 3.05) is 0 Å². The molecule has 0 atom stereocenters. The molecule has 0 aliphatic rings. The minimum absolute atomic E-state index is 0. The van der Waals surface area contributed by atoms with Gasteiger partial charge in [0, 0.05) is 0 Å². The molecule has 0 radical (unpaired) electrons. The average molecular weight is 343 g/mol. The van der Waals surface area contributed by atoms with E-state index in [9.17, 15) is 0 Å². The molecule has 0 rings (SSSR count). The number of rotatable bonds is 3. The maximum atomic E-state index is 8.56. The number of unbranched alkanes of at least 4 members (excludes halogenated alkanes) is 1. The number of carbonyl (C=O) groups is 2. The number of carboxylic acid groups (broad SMARTS) is 4. The molecule has 0 heterocycles. The first-order valence-electron chi connectivity index (χ1n) is 7.76. The van der Waals surface area contributed by atoms with Gasteiger partial charge in [-0.05, 0) is 11.8 Å². The maximum absolute atomic E-state index is 8.56. The van der Waals surface area contributed by atoms with Crippen LogP contribution in [0.15, 0.2) is 0 Å². The molecule has 23 heavy (non-hydrogen) atoms. The van der Waals surface area contributed by atoms with Crippen LogP contribution in [0.3, 0.4) is 0 Å². The predicted molar refractivity (Wildman–Crippen MR) is 98.9 cm³/mol. The maximum Gasteiger partial charge on any atom is 0.503 e. The highest BCUT2D eigenvalue weighted by molar-refractivity contribution is 5.53. The van der Waals surface area contributed by atoms with Gasteiger partial charge in [-0.2, -0.15) is 0 Å². The number of hydrogen-bond donors (Lipinski definition) is 4. The van der Waals surface area contributed by atoms with Crippen LogP contribution in [-0.4, -0.2) is 32.7 Å². The minimum atomic E-state index is -1.83. The Labute approximate surface area is 143 Å². The van der Waals surface area contributed by atoms with Gasteiger partial charge < -0.3 is 20.4 Å². The highest BCUT2D eigenvalue weighted by Crippen LogP contribution is 1.94. The summed E-state index contributed by atoms with van der Waals surface area (Å²) in [4.78, 5) is 17.1. The Kier molecular flexibility index (Phi) is 60.7.